The molecular weight excluding hydrogens is 371 g/mol. The minimum Gasteiger partial charge on any atom is -0.480 e. The molecule has 6 nitrogen and oxygen atoms in total. The van der Waals surface area contributed by atoms with E-state index in [0.717, 1.165) is 0 Å². The number of nitrogens with two attached hydrogens (primary N) is 1. The molecule has 0 aliphatic carbocycles. The minimum absolute atomic E-state index is 0.0468. The Bertz CT molecular complexity index is 877. The van der Waals surface area contributed by atoms with E-state index in [2.05, 4.69) is 4.98 Å². The molecule has 0 saturated heterocycles. The van der Waals surface area contributed by atoms with E-state index in [9.17, 15) is 22.2 Å². The fourth-order valence-corrected chi connectivity index (χ4v) is 4.18. The van der Waals surface area contributed by atoms with Gasteiger partial charge < -0.3 is 15.8 Å². The molecule has 3 atom stereocenters. The topological polar surface area (TPSA) is 120 Å². The monoisotopic (exact) mass is 391 g/mol. The number of carboxylic acid groups (broad SMARTS) is 1. The molecule has 0 saturated carbocycles. The molecule has 1 heterocycles. The molecule has 10 heteroatoms. The quantitative estimate of drug-likeness (QED) is 0.553. The van der Waals surface area contributed by atoms with Crippen LogP contribution in [0, 0.1) is 4.78 Å². The number of nitrogens with one attached hydrogen (secondary N) is 2. The van der Waals surface area contributed by atoms with E-state index in [4.69, 9.17) is 15.6 Å². The molecule has 2 aromatic rings. The molecule has 0 aliphatic heterocycles. The number of benzene rings is 1. The van der Waals surface area contributed by atoms with Gasteiger partial charge in [-0.2, -0.15) is 13.2 Å². The van der Waals surface area contributed by atoms with Crippen LogP contribution in [-0.4, -0.2) is 44.0 Å². The Kier molecular flexibility index (Phi) is 5.97. The van der Waals surface area contributed by atoms with Gasteiger partial charge in [-0.3, -0.25) is 9.57 Å². The zero-order valence-electron chi connectivity index (χ0n) is 13.8. The van der Waals surface area contributed by atoms with Crippen molar-refractivity contribution in [1.82, 2.24) is 4.98 Å². The average Bonchev–Trinajstić information content (AvgIpc) is 2.95. The summed E-state index contributed by atoms with van der Waals surface area (Å²) in [6.45, 7) is 0. The van der Waals surface area contributed by atoms with E-state index in [-0.39, 0.29) is 17.7 Å². The molecule has 26 heavy (non-hydrogen) atoms. The van der Waals surface area contributed by atoms with Gasteiger partial charge >= 0.3 is 12.1 Å². The number of fused-ring (bicyclic) bond motifs is 1. The molecule has 0 spiro atoms. The van der Waals surface area contributed by atoms with Crippen LogP contribution in [0.5, 0.6) is 0 Å². The van der Waals surface area contributed by atoms with Gasteiger partial charge in [0, 0.05) is 38.3 Å². The predicted molar refractivity (Wildman–Crippen MR) is 92.5 cm³/mol. The summed E-state index contributed by atoms with van der Waals surface area (Å²) in [6.07, 6.45) is -4.01. The van der Waals surface area contributed by atoms with Crippen molar-refractivity contribution in [2.75, 3.05) is 11.5 Å². The number of para-hydroxylation sites is 1. The van der Waals surface area contributed by atoms with Gasteiger partial charge in [0.15, 0.2) is 0 Å². The number of hydrogen-bond donors (Lipinski definition) is 4. The van der Waals surface area contributed by atoms with E-state index in [1.54, 1.807) is 24.3 Å². The molecule has 0 fully saturated rings. The standard InChI is InChI=1S/C16H20F3N3O3S/c17-16(18,19)12(11-9-22-14-4-2-1-3-10(11)14)5-7-26(21,25)8-6-13(20)15(23)24/h1-4,9,12-13,21-22H,5-8,20H2,(H,23,24)/t12?,13-,26?/m0/s1. The van der Waals surface area contributed by atoms with Gasteiger partial charge in [0.1, 0.15) is 6.04 Å². The molecule has 5 N–H and O–H groups in total. The lowest BCUT2D eigenvalue weighted by molar-refractivity contribution is -0.150. The van der Waals surface area contributed by atoms with Crippen molar-refractivity contribution >= 4 is 26.6 Å². The summed E-state index contributed by atoms with van der Waals surface area (Å²) >= 11 is 0. The van der Waals surface area contributed by atoms with Crippen LogP contribution in [0.4, 0.5) is 13.2 Å². The summed E-state index contributed by atoms with van der Waals surface area (Å²) in [7, 11) is -3.36. The zero-order valence-corrected chi connectivity index (χ0v) is 14.6. The number of rotatable bonds is 8. The van der Waals surface area contributed by atoms with E-state index in [1.807, 2.05) is 0 Å². The number of aromatic nitrogens is 1. The Morgan fingerprint density at radius 3 is 2.50 bits per heavy atom. The van der Waals surface area contributed by atoms with Gasteiger partial charge in [-0.25, -0.2) is 4.21 Å². The Balaban J connectivity index is 2.16. The predicted octanol–water partition coefficient (Wildman–Crippen LogP) is 3.05. The van der Waals surface area contributed by atoms with E-state index >= 15 is 0 Å². The number of carbonyl (C=O) groups is 1. The molecule has 0 aliphatic rings. The highest BCUT2D eigenvalue weighted by molar-refractivity contribution is 7.92. The van der Waals surface area contributed by atoms with E-state index in [0.29, 0.717) is 10.9 Å². The molecule has 1 aromatic carbocycles. The van der Waals surface area contributed by atoms with E-state index in [1.165, 1.54) is 6.20 Å². The Morgan fingerprint density at radius 2 is 1.88 bits per heavy atom. The van der Waals surface area contributed by atoms with Crippen LogP contribution in [0.2, 0.25) is 0 Å². The maximum absolute atomic E-state index is 13.5. The van der Waals surface area contributed by atoms with Crippen LogP contribution in [0.1, 0.15) is 24.3 Å². The smallest absolute Gasteiger partial charge is 0.395 e. The number of halogens is 3. The second kappa shape index (κ2) is 7.67. The number of alkyl halides is 3. The zero-order chi connectivity index (χ0) is 19.5. The van der Waals surface area contributed by atoms with Gasteiger partial charge in [-0.05, 0) is 24.5 Å². The number of aromatic amines is 1. The summed E-state index contributed by atoms with van der Waals surface area (Å²) in [5, 5.41) is 9.13. The van der Waals surface area contributed by atoms with Crippen molar-refractivity contribution in [1.29, 1.82) is 4.78 Å². The molecule has 0 amide bonds. The maximum Gasteiger partial charge on any atom is 0.395 e. The van der Waals surface area contributed by atoms with Gasteiger partial charge in [-0.1, -0.05) is 18.2 Å². The highest BCUT2D eigenvalue weighted by Gasteiger charge is 2.42. The van der Waals surface area contributed by atoms with Crippen LogP contribution >= 0.6 is 0 Å². The normalized spacial score (nSPS) is 16.9. The van der Waals surface area contributed by atoms with Gasteiger partial charge in [0.05, 0.1) is 5.92 Å². The first-order valence-corrected chi connectivity index (χ1v) is 9.76. The largest absolute Gasteiger partial charge is 0.480 e. The number of aliphatic carboxylic acids is 1. The van der Waals surface area contributed by atoms with Crippen molar-refractivity contribution in [2.45, 2.75) is 31.0 Å². The van der Waals surface area contributed by atoms with Gasteiger partial charge in [0.25, 0.3) is 0 Å². The first kappa shape index (κ1) is 20.2. The van der Waals surface area contributed by atoms with Crippen LogP contribution in [0.3, 0.4) is 0 Å². The third-order valence-electron chi connectivity index (χ3n) is 4.20. The van der Waals surface area contributed by atoms with Crippen LogP contribution in [0.25, 0.3) is 10.9 Å². The number of H-pyrrole nitrogens is 1. The van der Waals surface area contributed by atoms with Crippen LogP contribution in [0.15, 0.2) is 30.5 Å². The van der Waals surface area contributed by atoms with Crippen LogP contribution < -0.4 is 5.73 Å². The molecular formula is C16H20F3N3O3S. The second-order valence-electron chi connectivity index (χ2n) is 6.13. The summed E-state index contributed by atoms with van der Waals surface area (Å²) in [6, 6.07) is 5.28. The van der Waals surface area contributed by atoms with Crippen molar-refractivity contribution in [3.8, 4) is 0 Å². The first-order chi connectivity index (χ1) is 12.0. The van der Waals surface area contributed by atoms with Crippen molar-refractivity contribution in [2.24, 2.45) is 5.73 Å². The average molecular weight is 391 g/mol. The summed E-state index contributed by atoms with van der Waals surface area (Å²) in [4.78, 5) is 13.5. The fraction of sp³-hybridized carbons (Fsp3) is 0.438. The lowest BCUT2D eigenvalue weighted by atomic mass is 9.95. The Hall–Kier alpha value is -2.07. The van der Waals surface area contributed by atoms with Crippen LogP contribution in [-0.2, 0) is 14.5 Å². The maximum atomic E-state index is 13.5. The molecule has 2 rings (SSSR count). The van der Waals surface area contributed by atoms with Gasteiger partial charge in [-0.15, -0.1) is 0 Å². The SMILES string of the molecule is N=S(=O)(CCC(c1c[nH]c2ccccc12)C(F)(F)F)CC[C@H](N)C(=O)O. The lowest BCUT2D eigenvalue weighted by Crippen LogP contribution is -2.32. The Labute approximate surface area is 148 Å². The molecule has 0 radical (unpaired) electrons. The molecule has 0 bridgehead atoms. The fourth-order valence-electron chi connectivity index (χ4n) is 2.73. The Morgan fingerprint density at radius 1 is 1.27 bits per heavy atom. The summed E-state index contributed by atoms with van der Waals surface area (Å²) in [5.74, 6) is -3.99. The third kappa shape index (κ3) is 4.98. The highest BCUT2D eigenvalue weighted by Crippen LogP contribution is 2.40. The minimum atomic E-state index is -4.56. The second-order valence-corrected chi connectivity index (χ2v) is 8.57. The molecule has 144 valence electrons. The summed E-state index contributed by atoms with van der Waals surface area (Å²) in [5.41, 5.74) is 5.91. The van der Waals surface area contributed by atoms with E-state index < -0.39 is 46.0 Å². The van der Waals surface area contributed by atoms with Crippen molar-refractivity contribution in [3.63, 3.8) is 0 Å². The van der Waals surface area contributed by atoms with Crippen molar-refractivity contribution in [3.05, 3.63) is 36.0 Å². The van der Waals surface area contributed by atoms with Gasteiger partial charge in [0.2, 0.25) is 0 Å². The van der Waals surface area contributed by atoms with Crippen molar-refractivity contribution < 1.29 is 27.3 Å². The lowest BCUT2D eigenvalue weighted by Gasteiger charge is -2.21. The summed E-state index contributed by atoms with van der Waals surface area (Å²) < 4.78 is 60.6. The molecule has 2 unspecified atom stereocenters. The molecule has 1 aromatic heterocycles. The number of hydrogen-bond acceptors (Lipinski definition) is 4. The number of carboxylic acids is 1. The highest BCUT2D eigenvalue weighted by atomic mass is 32.2. The third-order valence-corrected chi connectivity index (χ3v) is 5.99. The first-order valence-electron chi connectivity index (χ1n) is 7.86.